The van der Waals surface area contributed by atoms with Crippen molar-refractivity contribution in [3.05, 3.63) is 89.5 Å². The summed E-state index contributed by atoms with van der Waals surface area (Å²) in [5.41, 5.74) is 3.20. The van der Waals surface area contributed by atoms with Crippen LogP contribution in [-0.4, -0.2) is 14.6 Å². The van der Waals surface area contributed by atoms with Gasteiger partial charge in [-0.1, -0.05) is 24.1 Å². The number of hydrogen-bond acceptors (Lipinski definition) is 3. The molecule has 4 aromatic rings. The maximum atomic E-state index is 13.0. The number of ether oxygens (including phenoxy) is 1. The lowest BCUT2D eigenvalue weighted by Gasteiger charge is -2.07. The standard InChI is InChI=1S/C21H14FN3O/c1-15-13-20(26-19-11-8-17(22)9-12-19)24-25-18(14-23-21(15)25)10-7-16-5-3-2-4-6-16/h2-6,8-9,11-14H,1H3. The van der Waals surface area contributed by atoms with Gasteiger partial charge in [-0.25, -0.2) is 13.9 Å². The van der Waals surface area contributed by atoms with Crippen LogP contribution in [0.2, 0.25) is 0 Å². The Morgan fingerprint density at radius 3 is 2.54 bits per heavy atom. The molecule has 0 spiro atoms. The van der Waals surface area contributed by atoms with Crippen molar-refractivity contribution in [1.82, 2.24) is 14.6 Å². The lowest BCUT2D eigenvalue weighted by molar-refractivity contribution is 0.450. The Labute approximate surface area is 149 Å². The lowest BCUT2D eigenvalue weighted by Crippen LogP contribution is -2.00. The van der Waals surface area contributed by atoms with E-state index in [1.165, 1.54) is 12.1 Å². The molecule has 26 heavy (non-hydrogen) atoms. The molecular formula is C21H14FN3O. The molecule has 0 saturated heterocycles. The molecule has 0 bridgehead atoms. The minimum atomic E-state index is -0.315. The number of imidazole rings is 1. The zero-order chi connectivity index (χ0) is 17.9. The molecule has 0 amide bonds. The topological polar surface area (TPSA) is 39.4 Å². The van der Waals surface area contributed by atoms with Crippen molar-refractivity contribution in [2.24, 2.45) is 0 Å². The molecule has 2 heterocycles. The molecule has 0 aliphatic carbocycles. The quantitative estimate of drug-likeness (QED) is 0.507. The summed E-state index contributed by atoms with van der Waals surface area (Å²) >= 11 is 0. The number of nitrogens with zero attached hydrogens (tertiary/aromatic N) is 3. The normalized spacial score (nSPS) is 10.4. The van der Waals surface area contributed by atoms with E-state index in [2.05, 4.69) is 21.9 Å². The van der Waals surface area contributed by atoms with Crippen molar-refractivity contribution in [2.45, 2.75) is 6.92 Å². The molecule has 0 aliphatic rings. The van der Waals surface area contributed by atoms with Crippen LogP contribution in [0.15, 0.2) is 66.9 Å². The first-order valence-corrected chi connectivity index (χ1v) is 8.05. The molecule has 0 fully saturated rings. The van der Waals surface area contributed by atoms with E-state index in [0.29, 0.717) is 23.0 Å². The number of halogens is 1. The number of benzene rings is 2. The molecule has 0 radical (unpaired) electrons. The molecule has 5 heteroatoms. The van der Waals surface area contributed by atoms with E-state index in [-0.39, 0.29) is 5.82 Å². The average Bonchev–Trinajstić information content (AvgIpc) is 3.06. The van der Waals surface area contributed by atoms with E-state index in [9.17, 15) is 4.39 Å². The summed E-state index contributed by atoms with van der Waals surface area (Å²) in [5, 5.41) is 4.46. The molecule has 2 aromatic carbocycles. The third-order valence-corrected chi connectivity index (χ3v) is 3.77. The van der Waals surface area contributed by atoms with Crippen molar-refractivity contribution in [3.8, 4) is 23.5 Å². The second-order valence-electron chi connectivity index (χ2n) is 5.72. The van der Waals surface area contributed by atoms with Crippen LogP contribution in [0.5, 0.6) is 11.6 Å². The van der Waals surface area contributed by atoms with Gasteiger partial charge in [0.15, 0.2) is 5.65 Å². The number of aromatic nitrogens is 3. The van der Waals surface area contributed by atoms with Crippen LogP contribution >= 0.6 is 0 Å². The van der Waals surface area contributed by atoms with Crippen molar-refractivity contribution >= 4 is 5.65 Å². The molecule has 0 saturated carbocycles. The highest BCUT2D eigenvalue weighted by molar-refractivity contribution is 5.52. The fourth-order valence-corrected chi connectivity index (χ4v) is 2.51. The lowest BCUT2D eigenvalue weighted by atomic mass is 10.2. The summed E-state index contributed by atoms with van der Waals surface area (Å²) in [6.07, 6.45) is 1.69. The Morgan fingerprint density at radius 1 is 1.00 bits per heavy atom. The maximum Gasteiger partial charge on any atom is 0.237 e. The van der Waals surface area contributed by atoms with Gasteiger partial charge in [0.2, 0.25) is 5.88 Å². The van der Waals surface area contributed by atoms with Crippen LogP contribution in [0, 0.1) is 24.6 Å². The van der Waals surface area contributed by atoms with Gasteiger partial charge in [-0.05, 0) is 54.8 Å². The van der Waals surface area contributed by atoms with Crippen LogP contribution in [0.1, 0.15) is 16.8 Å². The highest BCUT2D eigenvalue weighted by Gasteiger charge is 2.09. The Kier molecular flexibility index (Phi) is 4.08. The molecule has 126 valence electrons. The Hall–Kier alpha value is -3.65. The monoisotopic (exact) mass is 343 g/mol. The van der Waals surface area contributed by atoms with E-state index in [4.69, 9.17) is 4.74 Å². The largest absolute Gasteiger partial charge is 0.438 e. The second-order valence-corrected chi connectivity index (χ2v) is 5.72. The maximum absolute atomic E-state index is 13.0. The zero-order valence-corrected chi connectivity index (χ0v) is 14.0. The number of hydrogen-bond donors (Lipinski definition) is 0. The molecule has 4 nitrogen and oxygen atoms in total. The number of aryl methyl sites for hydroxylation is 1. The van der Waals surface area contributed by atoms with E-state index in [1.54, 1.807) is 28.9 Å². The van der Waals surface area contributed by atoms with E-state index < -0.39 is 0 Å². The molecule has 4 rings (SSSR count). The first kappa shape index (κ1) is 15.9. The summed E-state index contributed by atoms with van der Waals surface area (Å²) in [6.45, 7) is 1.93. The van der Waals surface area contributed by atoms with Gasteiger partial charge < -0.3 is 4.74 Å². The van der Waals surface area contributed by atoms with Crippen molar-refractivity contribution in [3.63, 3.8) is 0 Å². The Bertz CT molecular complexity index is 1120. The van der Waals surface area contributed by atoms with E-state index in [1.807, 2.05) is 37.3 Å². The molecule has 0 N–H and O–H groups in total. The summed E-state index contributed by atoms with van der Waals surface area (Å²) < 4.78 is 20.4. The summed E-state index contributed by atoms with van der Waals surface area (Å²) in [4.78, 5) is 4.38. The molecule has 0 atom stereocenters. The molecular weight excluding hydrogens is 329 g/mol. The van der Waals surface area contributed by atoms with Crippen molar-refractivity contribution in [1.29, 1.82) is 0 Å². The third-order valence-electron chi connectivity index (χ3n) is 3.77. The van der Waals surface area contributed by atoms with Gasteiger partial charge in [0.1, 0.15) is 17.3 Å². The van der Waals surface area contributed by atoms with Crippen molar-refractivity contribution < 1.29 is 9.13 Å². The van der Waals surface area contributed by atoms with Crippen LogP contribution in [0.25, 0.3) is 5.65 Å². The van der Waals surface area contributed by atoms with Crippen LogP contribution in [-0.2, 0) is 0 Å². The molecule has 0 unspecified atom stereocenters. The van der Waals surface area contributed by atoms with Gasteiger partial charge in [-0.3, -0.25) is 0 Å². The Balaban J connectivity index is 1.71. The number of rotatable bonds is 2. The predicted molar refractivity (Wildman–Crippen MR) is 96.6 cm³/mol. The second kappa shape index (κ2) is 6.69. The number of fused-ring (bicyclic) bond motifs is 1. The Morgan fingerprint density at radius 2 is 1.77 bits per heavy atom. The summed E-state index contributed by atoms with van der Waals surface area (Å²) in [7, 11) is 0. The SMILES string of the molecule is Cc1cc(Oc2ccc(F)cc2)nn2c(C#Cc3ccccc3)cnc12. The predicted octanol–water partition coefficient (Wildman–Crippen LogP) is 4.37. The van der Waals surface area contributed by atoms with Gasteiger partial charge in [0.05, 0.1) is 6.20 Å². The molecule has 2 aromatic heterocycles. The van der Waals surface area contributed by atoms with Crippen LogP contribution < -0.4 is 4.74 Å². The average molecular weight is 343 g/mol. The summed E-state index contributed by atoms with van der Waals surface area (Å²) in [5.74, 6) is 6.78. The minimum Gasteiger partial charge on any atom is -0.438 e. The highest BCUT2D eigenvalue weighted by Crippen LogP contribution is 2.22. The van der Waals surface area contributed by atoms with Gasteiger partial charge in [-0.15, -0.1) is 5.10 Å². The van der Waals surface area contributed by atoms with Gasteiger partial charge in [0, 0.05) is 11.6 Å². The van der Waals surface area contributed by atoms with Gasteiger partial charge in [-0.2, -0.15) is 0 Å². The summed E-state index contributed by atoms with van der Waals surface area (Å²) in [6, 6.07) is 17.3. The third kappa shape index (κ3) is 3.26. The van der Waals surface area contributed by atoms with E-state index >= 15 is 0 Å². The fraction of sp³-hybridized carbons (Fsp3) is 0.0476. The fourth-order valence-electron chi connectivity index (χ4n) is 2.51. The highest BCUT2D eigenvalue weighted by atomic mass is 19.1. The van der Waals surface area contributed by atoms with E-state index in [0.717, 1.165) is 11.1 Å². The van der Waals surface area contributed by atoms with Crippen LogP contribution in [0.4, 0.5) is 4.39 Å². The molecule has 0 aliphatic heterocycles. The van der Waals surface area contributed by atoms with Gasteiger partial charge in [0.25, 0.3) is 0 Å². The van der Waals surface area contributed by atoms with Gasteiger partial charge >= 0.3 is 0 Å². The first-order chi connectivity index (χ1) is 12.7. The minimum absolute atomic E-state index is 0.315. The van der Waals surface area contributed by atoms with Crippen molar-refractivity contribution in [2.75, 3.05) is 0 Å². The first-order valence-electron chi connectivity index (χ1n) is 8.05. The van der Waals surface area contributed by atoms with Crippen LogP contribution in [0.3, 0.4) is 0 Å². The smallest absolute Gasteiger partial charge is 0.237 e. The zero-order valence-electron chi connectivity index (χ0n) is 14.0.